The van der Waals surface area contributed by atoms with E-state index in [2.05, 4.69) is 13.8 Å². The third kappa shape index (κ3) is 16.0. The van der Waals surface area contributed by atoms with Gasteiger partial charge in [-0.15, -0.1) is 0 Å². The number of hydrogen-bond donors (Lipinski definition) is 2. The van der Waals surface area contributed by atoms with Gasteiger partial charge in [0.1, 0.15) is 5.54 Å². The lowest BCUT2D eigenvalue weighted by Crippen LogP contribution is -2.54. The molecule has 0 aromatic heterocycles. The van der Waals surface area contributed by atoms with Crippen molar-refractivity contribution in [2.24, 2.45) is 11.5 Å². The molecule has 0 heterocycles. The van der Waals surface area contributed by atoms with Gasteiger partial charge < -0.3 is 11.5 Å². The Morgan fingerprint density at radius 2 is 0.875 bits per heavy atom. The first-order valence-electron chi connectivity index (χ1n) is 14.1. The Balaban J connectivity index is 4.41. The molecule has 0 bridgehead atoms. The van der Waals surface area contributed by atoms with E-state index in [1.54, 1.807) is 0 Å². The van der Waals surface area contributed by atoms with Crippen LogP contribution in [0, 0.1) is 0 Å². The average Bonchev–Trinajstić information content (AvgIpc) is 2.79. The minimum Gasteiger partial charge on any atom is -0.330 e. The van der Waals surface area contributed by atoms with Gasteiger partial charge in [0, 0.05) is 12.8 Å². The lowest BCUT2D eigenvalue weighted by atomic mass is 9.80. The van der Waals surface area contributed by atoms with Gasteiger partial charge in [-0.25, -0.2) is 0 Å². The topological polar surface area (TPSA) is 86.2 Å². The smallest absolute Gasteiger partial charge is 0.160 e. The summed E-state index contributed by atoms with van der Waals surface area (Å²) in [6.45, 7) is 5.18. The van der Waals surface area contributed by atoms with Gasteiger partial charge in [0.2, 0.25) is 0 Å². The van der Waals surface area contributed by atoms with Crippen molar-refractivity contribution in [3.63, 3.8) is 0 Å². The number of rotatable bonds is 25. The molecule has 0 atom stereocenters. The van der Waals surface area contributed by atoms with Gasteiger partial charge in [0.05, 0.1) is 0 Å². The largest absolute Gasteiger partial charge is 0.330 e. The van der Waals surface area contributed by atoms with Crippen molar-refractivity contribution in [1.29, 1.82) is 0 Å². The van der Waals surface area contributed by atoms with Crippen LogP contribution in [0.4, 0.5) is 0 Å². The second-order valence-corrected chi connectivity index (χ2v) is 9.87. The highest BCUT2D eigenvalue weighted by atomic mass is 16.2. The number of nitrogens with two attached hydrogens (primary N) is 2. The van der Waals surface area contributed by atoms with Crippen LogP contribution >= 0.6 is 0 Å². The third-order valence-corrected chi connectivity index (χ3v) is 6.79. The Bertz CT molecular complexity index is 425. The highest BCUT2D eigenvalue weighted by Crippen LogP contribution is 2.23. The predicted molar refractivity (Wildman–Crippen MR) is 139 cm³/mol. The van der Waals surface area contributed by atoms with E-state index < -0.39 is 5.54 Å². The van der Waals surface area contributed by atoms with E-state index in [4.69, 9.17) is 11.5 Å². The fourth-order valence-electron chi connectivity index (χ4n) is 4.44. The molecule has 0 spiro atoms. The first-order chi connectivity index (χ1) is 15.5. The highest BCUT2D eigenvalue weighted by Gasteiger charge is 2.39. The summed E-state index contributed by atoms with van der Waals surface area (Å²) < 4.78 is 0. The zero-order valence-corrected chi connectivity index (χ0v) is 21.7. The maximum Gasteiger partial charge on any atom is 0.160 e. The third-order valence-electron chi connectivity index (χ3n) is 6.79. The van der Waals surface area contributed by atoms with E-state index in [-0.39, 0.29) is 11.6 Å². The molecule has 0 aliphatic heterocycles. The molecule has 0 unspecified atom stereocenters. The summed E-state index contributed by atoms with van der Waals surface area (Å²) in [5.41, 5.74) is 10.9. The van der Waals surface area contributed by atoms with Crippen LogP contribution in [0.15, 0.2) is 0 Å². The maximum absolute atomic E-state index is 13.0. The Hall–Kier alpha value is -0.740. The molecule has 0 fully saturated rings. The molecule has 0 aliphatic carbocycles. The van der Waals surface area contributed by atoms with Crippen LogP contribution in [-0.2, 0) is 9.59 Å². The molecule has 0 aromatic carbocycles. The van der Waals surface area contributed by atoms with Crippen LogP contribution in [0.5, 0.6) is 0 Å². The van der Waals surface area contributed by atoms with Gasteiger partial charge in [-0.3, -0.25) is 9.59 Å². The van der Waals surface area contributed by atoms with Crippen molar-refractivity contribution < 1.29 is 9.59 Å². The first-order valence-corrected chi connectivity index (χ1v) is 14.1. The molecule has 0 saturated heterocycles. The number of carbonyl (C=O) groups excluding carboxylic acids is 2. The molecule has 0 saturated carbocycles. The second-order valence-electron chi connectivity index (χ2n) is 9.87. The van der Waals surface area contributed by atoms with Gasteiger partial charge in [0.15, 0.2) is 11.6 Å². The van der Waals surface area contributed by atoms with Gasteiger partial charge >= 0.3 is 0 Å². The molecular formula is C28H56N2O2. The molecular weight excluding hydrogens is 396 g/mol. The summed E-state index contributed by atoms with van der Waals surface area (Å²) in [5.74, 6) is -0.0140. The number of hydrogen-bond acceptors (Lipinski definition) is 4. The fraction of sp³-hybridized carbons (Fsp3) is 0.929. The van der Waals surface area contributed by atoms with Crippen molar-refractivity contribution in [3.05, 3.63) is 0 Å². The molecule has 4 N–H and O–H groups in total. The van der Waals surface area contributed by atoms with E-state index in [9.17, 15) is 9.59 Å². The van der Waals surface area contributed by atoms with E-state index in [1.807, 2.05) is 0 Å². The maximum atomic E-state index is 13.0. The Labute approximate surface area is 200 Å². The number of ketones is 2. The standard InChI is InChI=1S/C28H56N2O2/c1-3-5-7-14-18-22-26(31)28(30,27(32)23-19-15-8-6-4-2)24-20-16-12-10-9-11-13-17-21-25-29/h3-25,29-30H2,1-2H3. The van der Waals surface area contributed by atoms with Crippen molar-refractivity contribution in [3.8, 4) is 0 Å². The van der Waals surface area contributed by atoms with Gasteiger partial charge in [-0.2, -0.15) is 0 Å². The molecule has 190 valence electrons. The Morgan fingerprint density at radius 1 is 0.531 bits per heavy atom. The molecule has 32 heavy (non-hydrogen) atoms. The predicted octanol–water partition coefficient (Wildman–Crippen LogP) is 7.40. The molecule has 0 radical (unpaired) electrons. The lowest BCUT2D eigenvalue weighted by Gasteiger charge is -2.27. The molecule has 4 heteroatoms. The van der Waals surface area contributed by atoms with E-state index in [0.717, 1.165) is 51.5 Å². The monoisotopic (exact) mass is 452 g/mol. The van der Waals surface area contributed by atoms with Crippen molar-refractivity contribution >= 4 is 11.6 Å². The number of carbonyl (C=O) groups is 2. The van der Waals surface area contributed by atoms with Crippen LogP contribution in [-0.4, -0.2) is 23.7 Å². The second kappa shape index (κ2) is 22.1. The van der Waals surface area contributed by atoms with Crippen molar-refractivity contribution in [1.82, 2.24) is 0 Å². The minimum atomic E-state index is -1.24. The fourth-order valence-corrected chi connectivity index (χ4v) is 4.44. The van der Waals surface area contributed by atoms with E-state index in [1.165, 1.54) is 77.0 Å². The highest BCUT2D eigenvalue weighted by molar-refractivity contribution is 6.11. The van der Waals surface area contributed by atoms with E-state index >= 15 is 0 Å². The summed E-state index contributed by atoms with van der Waals surface area (Å²) in [6.07, 6.45) is 23.0. The first kappa shape index (κ1) is 31.3. The number of Topliss-reactive ketones (excluding diaryl/α,β-unsaturated/α-hetero) is 2. The Kier molecular flexibility index (Phi) is 21.6. The van der Waals surface area contributed by atoms with Gasteiger partial charge in [0.25, 0.3) is 0 Å². The van der Waals surface area contributed by atoms with Crippen molar-refractivity contribution in [2.45, 2.75) is 161 Å². The molecule has 4 nitrogen and oxygen atoms in total. The molecule has 0 rings (SSSR count). The summed E-state index contributed by atoms with van der Waals surface area (Å²) in [5, 5.41) is 0. The molecule has 0 aliphatic rings. The van der Waals surface area contributed by atoms with Crippen LogP contribution in [0.3, 0.4) is 0 Å². The lowest BCUT2D eigenvalue weighted by molar-refractivity contribution is -0.135. The van der Waals surface area contributed by atoms with Crippen molar-refractivity contribution in [2.75, 3.05) is 6.54 Å². The van der Waals surface area contributed by atoms with Gasteiger partial charge in [-0.1, -0.05) is 117 Å². The molecule has 0 amide bonds. The summed E-state index contributed by atoms with van der Waals surface area (Å²) in [7, 11) is 0. The summed E-state index contributed by atoms with van der Waals surface area (Å²) in [6, 6.07) is 0. The average molecular weight is 453 g/mol. The van der Waals surface area contributed by atoms with Crippen LogP contribution < -0.4 is 11.5 Å². The zero-order valence-electron chi connectivity index (χ0n) is 21.7. The van der Waals surface area contributed by atoms with Crippen LogP contribution in [0.2, 0.25) is 0 Å². The Morgan fingerprint density at radius 3 is 1.28 bits per heavy atom. The minimum absolute atomic E-state index is 0.00698. The summed E-state index contributed by atoms with van der Waals surface area (Å²) in [4.78, 5) is 26.0. The molecule has 0 aromatic rings. The van der Waals surface area contributed by atoms with Crippen LogP contribution in [0.1, 0.15) is 155 Å². The normalized spacial score (nSPS) is 11.8. The zero-order chi connectivity index (χ0) is 23.9. The summed E-state index contributed by atoms with van der Waals surface area (Å²) >= 11 is 0. The SMILES string of the molecule is CCCCCCCC(=O)C(N)(CCCCCCCCCCCN)C(=O)CCCCCCC. The number of unbranched alkanes of at least 4 members (excludes halogenated alkanes) is 16. The van der Waals surface area contributed by atoms with E-state index in [0.29, 0.717) is 19.3 Å². The quantitative estimate of drug-likeness (QED) is 0.112. The van der Waals surface area contributed by atoms with Gasteiger partial charge in [-0.05, 0) is 32.2 Å². The van der Waals surface area contributed by atoms with Crippen LogP contribution in [0.25, 0.3) is 0 Å².